The van der Waals surface area contributed by atoms with Gasteiger partial charge in [0.05, 0.1) is 0 Å². The van der Waals surface area contributed by atoms with Crippen LogP contribution in [0.5, 0.6) is 0 Å². The van der Waals surface area contributed by atoms with Crippen molar-refractivity contribution in [2.45, 2.75) is 13.8 Å². The molecule has 0 fully saturated rings. The molecule has 5 heteroatoms. The third kappa shape index (κ3) is 15.5. The quantitative estimate of drug-likeness (QED) is 0.0562. The van der Waals surface area contributed by atoms with E-state index < -0.39 is 0 Å². The fourth-order valence-electron chi connectivity index (χ4n) is 14.1. The van der Waals surface area contributed by atoms with E-state index in [1.54, 1.807) is 12.2 Å². The topological polar surface area (TPSA) is 63.3 Å². The fraction of sp³-hybridized carbons (Fsp3) is 0.0196. The maximum atomic E-state index is 10.1. The molecular weight excluding hydrogens is 1300 g/mol. The molecule has 14 aromatic rings. The van der Waals surface area contributed by atoms with Gasteiger partial charge in [0.25, 0.3) is 0 Å². The van der Waals surface area contributed by atoms with Crippen molar-refractivity contribution in [2.75, 3.05) is 9.80 Å². The van der Waals surface area contributed by atoms with Crippen LogP contribution < -0.4 is 9.80 Å². The van der Waals surface area contributed by atoms with Gasteiger partial charge in [-0.05, 0) is 222 Å². The van der Waals surface area contributed by atoms with Gasteiger partial charge in [0, 0.05) is 39.7 Å². The molecule has 0 N–H and O–H groups in total. The average Bonchev–Trinajstić information content (AvgIpc) is 0.813. The van der Waals surface area contributed by atoms with Crippen molar-refractivity contribution in [1.29, 1.82) is 10.5 Å². The second kappa shape index (κ2) is 32.3. The Morgan fingerprint density at radius 1 is 0.280 bits per heavy atom. The van der Waals surface area contributed by atoms with Crippen molar-refractivity contribution in [2.24, 2.45) is 0 Å². The lowest BCUT2D eigenvalue weighted by Crippen LogP contribution is -2.11. The summed E-state index contributed by atoms with van der Waals surface area (Å²) in [6, 6.07) is 137. The van der Waals surface area contributed by atoms with Crippen LogP contribution in [-0.4, -0.2) is 0 Å². The molecule has 0 radical (unpaired) electrons. The van der Waals surface area contributed by atoms with Crippen molar-refractivity contribution in [3.8, 4) is 34.4 Å². The predicted molar refractivity (Wildman–Crippen MR) is 445 cm³/mol. The van der Waals surface area contributed by atoms with Gasteiger partial charge in [-0.25, -0.2) is 0 Å². The number of rotatable bonds is 20. The van der Waals surface area contributed by atoms with E-state index in [4.69, 9.17) is 4.74 Å². The molecule has 107 heavy (non-hydrogen) atoms. The number of anilines is 6. The second-order valence-corrected chi connectivity index (χ2v) is 26.3. The normalized spacial score (nSPS) is 11.7. The van der Waals surface area contributed by atoms with Gasteiger partial charge in [-0.3, -0.25) is 0 Å². The molecule has 0 spiro atoms. The van der Waals surface area contributed by atoms with E-state index in [2.05, 4.69) is 400 Å². The second-order valence-electron chi connectivity index (χ2n) is 26.3. The first-order valence-corrected chi connectivity index (χ1v) is 36.0. The Morgan fingerprint density at radius 3 is 0.907 bits per heavy atom. The average molecular weight is 1370 g/mol. The highest BCUT2D eigenvalue weighted by Gasteiger charge is 2.22. The minimum Gasteiger partial charge on any atom is -0.457 e. The monoisotopic (exact) mass is 1370 g/mol. The molecule has 0 bridgehead atoms. The first kappa shape index (κ1) is 68.4. The van der Waals surface area contributed by atoms with Crippen LogP contribution in [0.3, 0.4) is 0 Å². The van der Waals surface area contributed by atoms with Gasteiger partial charge < -0.3 is 14.5 Å². The molecule has 0 amide bonds. The van der Waals surface area contributed by atoms with E-state index in [0.717, 1.165) is 123 Å². The SMILES string of the molecule is Cc1cc(N(c2ccccc2)c2ccc(-c3ccc(C(=C(c4ccccc4)c4ccccc4)c4ccccc4)cc3)cc2)c(C)cc1/C=C/C1=CC(=C(C#N)C#N)C=C(/C=C/c2ccc(N(c3ccccc3)c3ccc(-c4ccc(C(=C(c5ccccc5)c5ccccc5)c5ccccc5)cc4)cc3)cc2)O1. The van der Waals surface area contributed by atoms with Crippen molar-refractivity contribution >= 4 is 68.6 Å². The zero-order chi connectivity index (χ0) is 72.7. The molecule has 1 heterocycles. The van der Waals surface area contributed by atoms with Crippen molar-refractivity contribution in [3.63, 3.8) is 0 Å². The highest BCUT2D eigenvalue weighted by atomic mass is 16.5. The summed E-state index contributed by atoms with van der Waals surface area (Å²) < 4.78 is 6.54. The molecule has 5 nitrogen and oxygen atoms in total. The first-order valence-electron chi connectivity index (χ1n) is 36.0. The van der Waals surface area contributed by atoms with E-state index in [-0.39, 0.29) is 5.57 Å². The van der Waals surface area contributed by atoms with Crippen molar-refractivity contribution in [1.82, 2.24) is 0 Å². The van der Waals surface area contributed by atoms with Crippen LogP contribution in [0.15, 0.2) is 423 Å². The molecule has 0 saturated heterocycles. The number of hydrogen-bond acceptors (Lipinski definition) is 5. The summed E-state index contributed by atoms with van der Waals surface area (Å²) in [7, 11) is 0. The number of allylic oxidation sites excluding steroid dienone is 6. The Bertz CT molecular complexity index is 5660. The molecule has 0 aromatic heterocycles. The number of nitriles is 2. The standard InChI is InChI=1S/C102H74N4O/c1-73-68-98(106(92-41-25-10-26-42-92)95-63-56-79(57-64-95)77-48-52-87(53-49-77)102(85-37-21-8-22-38-85)100(82-31-15-5-16-32-82)83-33-17-6-18-34-83)74(2)67-88(73)58-66-97-70-89(90(71-103)72-104)69-96(107-97)65-45-75-43-59-93(60-44-75)105(91-39-23-9-24-40-91)94-61-54-78(55-62-94)76-46-50-86(51-47-76)101(84-35-19-7-20-36-84)99(80-27-11-3-12-28-80)81-29-13-4-14-30-81/h3-70H,1-2H3/b65-45+,66-58+. The third-order valence-corrected chi connectivity index (χ3v) is 19.4. The summed E-state index contributed by atoms with van der Waals surface area (Å²) in [4.78, 5) is 4.57. The summed E-state index contributed by atoms with van der Waals surface area (Å²) in [5.74, 6) is 0.981. The summed E-state index contributed by atoms with van der Waals surface area (Å²) in [5, 5.41) is 20.3. The van der Waals surface area contributed by atoms with Crippen LogP contribution in [0.4, 0.5) is 34.1 Å². The maximum Gasteiger partial charge on any atom is 0.137 e. The van der Waals surface area contributed by atoms with E-state index in [0.29, 0.717) is 17.1 Å². The summed E-state index contributed by atoms with van der Waals surface area (Å²) in [6.07, 6.45) is 11.3. The Hall–Kier alpha value is -14.4. The lowest BCUT2D eigenvalue weighted by atomic mass is 9.85. The van der Waals surface area contributed by atoms with Crippen LogP contribution in [0, 0.1) is 36.5 Å². The number of benzene rings is 14. The van der Waals surface area contributed by atoms with Gasteiger partial charge in [-0.15, -0.1) is 0 Å². The van der Waals surface area contributed by atoms with Gasteiger partial charge in [0.15, 0.2) is 0 Å². The van der Waals surface area contributed by atoms with Crippen LogP contribution in [-0.2, 0) is 4.74 Å². The first-order chi connectivity index (χ1) is 52.8. The molecule has 1 aliphatic heterocycles. The van der Waals surface area contributed by atoms with Crippen LogP contribution >= 0.6 is 0 Å². The van der Waals surface area contributed by atoms with Crippen LogP contribution in [0.2, 0.25) is 0 Å². The van der Waals surface area contributed by atoms with E-state index in [1.165, 1.54) is 22.3 Å². The number of ether oxygens (including phenoxy) is 1. The van der Waals surface area contributed by atoms with Crippen LogP contribution in [0.25, 0.3) is 56.7 Å². The molecule has 1 aliphatic rings. The summed E-state index contributed by atoms with van der Waals surface area (Å²) in [6.45, 7) is 4.26. The smallest absolute Gasteiger partial charge is 0.137 e. The number of nitrogens with zero attached hydrogens (tertiary/aromatic N) is 4. The van der Waals surface area contributed by atoms with E-state index in [9.17, 15) is 10.5 Å². The molecule has 508 valence electrons. The Morgan fingerprint density at radius 2 is 0.561 bits per heavy atom. The maximum absolute atomic E-state index is 10.1. The van der Waals surface area contributed by atoms with Gasteiger partial charge in [-0.1, -0.05) is 315 Å². The van der Waals surface area contributed by atoms with Crippen molar-refractivity contribution in [3.05, 3.63) is 490 Å². The Kier molecular flexibility index (Phi) is 20.7. The number of aryl methyl sites for hydroxylation is 2. The minimum absolute atomic E-state index is 0.00580. The molecule has 0 aliphatic carbocycles. The lowest BCUT2D eigenvalue weighted by Gasteiger charge is -2.28. The summed E-state index contributed by atoms with van der Waals surface area (Å²) in [5.41, 5.74) is 29.1. The molecule has 15 rings (SSSR count). The molecule has 0 unspecified atom stereocenters. The highest BCUT2D eigenvalue weighted by Crippen LogP contribution is 2.43. The largest absolute Gasteiger partial charge is 0.457 e. The highest BCUT2D eigenvalue weighted by molar-refractivity contribution is 6.06. The zero-order valence-corrected chi connectivity index (χ0v) is 59.5. The number of hydrogen-bond donors (Lipinski definition) is 0. The summed E-state index contributed by atoms with van der Waals surface area (Å²) >= 11 is 0. The zero-order valence-electron chi connectivity index (χ0n) is 59.5. The molecule has 0 atom stereocenters. The molecule has 0 saturated carbocycles. The van der Waals surface area contributed by atoms with Crippen molar-refractivity contribution < 1.29 is 4.74 Å². The third-order valence-electron chi connectivity index (χ3n) is 19.4. The van der Waals surface area contributed by atoms with Gasteiger partial charge in [-0.2, -0.15) is 10.5 Å². The van der Waals surface area contributed by atoms with Gasteiger partial charge in [0.1, 0.15) is 29.2 Å². The molecule has 14 aromatic carbocycles. The predicted octanol–water partition coefficient (Wildman–Crippen LogP) is 26.5. The van der Waals surface area contributed by atoms with Gasteiger partial charge >= 0.3 is 0 Å². The van der Waals surface area contributed by atoms with E-state index in [1.807, 2.05) is 36.4 Å². The Labute approximate surface area is 627 Å². The minimum atomic E-state index is -0.00580. The van der Waals surface area contributed by atoms with Gasteiger partial charge in [0.2, 0.25) is 0 Å². The molecular formula is C102H74N4O. The fourth-order valence-corrected chi connectivity index (χ4v) is 14.1. The lowest BCUT2D eigenvalue weighted by molar-refractivity contribution is 0.332. The number of para-hydroxylation sites is 2. The van der Waals surface area contributed by atoms with Crippen LogP contribution in [0.1, 0.15) is 66.8 Å². The Balaban J connectivity index is 0.656. The van der Waals surface area contributed by atoms with E-state index >= 15 is 0 Å².